The molecule has 5 nitrogen and oxygen atoms in total. The van der Waals surface area contributed by atoms with Gasteiger partial charge in [-0.15, -0.1) is 0 Å². The Balaban J connectivity index is 1.59. The molecule has 9 atom stereocenters. The molecule has 0 radical (unpaired) electrons. The Kier molecular flexibility index (Phi) is 6.36. The molecule has 0 aromatic heterocycles. The third-order valence-electron chi connectivity index (χ3n) is 13.4. The fourth-order valence-electron chi connectivity index (χ4n) is 11.4. The van der Waals surface area contributed by atoms with E-state index in [1.165, 1.54) is 12.5 Å². The van der Waals surface area contributed by atoms with Gasteiger partial charge in [-0.2, -0.15) is 0 Å². The van der Waals surface area contributed by atoms with Crippen LogP contribution in [0, 0.1) is 50.2 Å². The maximum atomic E-state index is 13.4. The molecule has 0 amide bonds. The highest BCUT2D eigenvalue weighted by atomic mass is 16.5. The molecule has 5 heteroatoms. The number of rotatable bonds is 2. The number of allylic oxidation sites excluding steroid dienone is 2. The fourth-order valence-corrected chi connectivity index (χ4v) is 11.4. The van der Waals surface area contributed by atoms with Crippen molar-refractivity contribution in [3.8, 4) is 0 Å². The van der Waals surface area contributed by atoms with Crippen molar-refractivity contribution < 1.29 is 24.2 Å². The Morgan fingerprint density at radius 3 is 2.24 bits per heavy atom. The minimum Gasteiger partial charge on any atom is -0.469 e. The van der Waals surface area contributed by atoms with Gasteiger partial charge in [0.2, 0.25) is 0 Å². The van der Waals surface area contributed by atoms with E-state index >= 15 is 0 Å². The molecule has 5 aliphatic carbocycles. The average molecular weight is 529 g/mol. The fraction of sp³-hybridized carbons (Fsp3) is 0.879. The Bertz CT molecular complexity index is 1040. The maximum Gasteiger partial charge on any atom is 0.312 e. The largest absolute Gasteiger partial charge is 0.469 e. The highest BCUT2D eigenvalue weighted by Gasteiger charge is 2.71. The summed E-state index contributed by atoms with van der Waals surface area (Å²) in [6.45, 7) is 17.9. The number of fused-ring (bicyclic) bond motifs is 7. The standard InChI is InChI=1S/C33H52O5/c1-20(34)38-25-12-13-30(6)24-11-10-21-22-18-28(2,3)14-16-33(22,27(36)37-9)17-15-31(21,7)32(24,8)19-23(35)26(30)29(25,4)5/h10,22-26,35H,11-19H2,1-9H3/t22-,23-,24+,25-,26-,30+,31+,32+,33-/m0/s1. The van der Waals surface area contributed by atoms with Gasteiger partial charge in [0.25, 0.3) is 0 Å². The molecule has 0 saturated heterocycles. The summed E-state index contributed by atoms with van der Waals surface area (Å²) in [5.41, 5.74) is 0.754. The van der Waals surface area contributed by atoms with E-state index in [2.05, 4.69) is 54.5 Å². The van der Waals surface area contributed by atoms with E-state index in [-0.39, 0.29) is 57.0 Å². The molecular formula is C33H52O5. The highest BCUT2D eigenvalue weighted by Crippen LogP contribution is 2.75. The minimum absolute atomic E-state index is 0.0190. The Hall–Kier alpha value is -1.36. The van der Waals surface area contributed by atoms with Crippen LogP contribution in [0.2, 0.25) is 0 Å². The van der Waals surface area contributed by atoms with Gasteiger partial charge in [-0.25, -0.2) is 0 Å². The second-order valence-electron chi connectivity index (χ2n) is 16.0. The van der Waals surface area contributed by atoms with E-state index in [9.17, 15) is 14.7 Å². The van der Waals surface area contributed by atoms with Gasteiger partial charge in [-0.05, 0) is 97.2 Å². The minimum atomic E-state index is -0.458. The normalized spacial score (nSPS) is 48.8. The third-order valence-corrected chi connectivity index (χ3v) is 13.4. The summed E-state index contributed by atoms with van der Waals surface area (Å²) in [6.07, 6.45) is 10.3. The van der Waals surface area contributed by atoms with E-state index in [0.717, 1.165) is 57.8 Å². The van der Waals surface area contributed by atoms with Crippen LogP contribution in [0.5, 0.6) is 0 Å². The number of methoxy groups -OCH3 is 1. The number of aliphatic hydroxyl groups excluding tert-OH is 1. The van der Waals surface area contributed by atoms with Gasteiger partial charge in [-0.1, -0.05) is 60.1 Å². The van der Waals surface area contributed by atoms with Crippen LogP contribution in [-0.2, 0) is 19.1 Å². The number of carbonyl (C=O) groups is 2. The second kappa shape index (κ2) is 8.57. The smallest absolute Gasteiger partial charge is 0.312 e. The van der Waals surface area contributed by atoms with Crippen LogP contribution in [-0.4, -0.2) is 36.4 Å². The number of aliphatic hydroxyl groups is 1. The molecule has 5 rings (SSSR count). The number of carbonyl (C=O) groups excluding carboxylic acids is 2. The summed E-state index contributed by atoms with van der Waals surface area (Å²) in [4.78, 5) is 25.4. The van der Waals surface area contributed by atoms with Crippen LogP contribution in [0.25, 0.3) is 0 Å². The molecule has 0 aliphatic heterocycles. The average Bonchev–Trinajstić information content (AvgIpc) is 2.80. The third kappa shape index (κ3) is 3.58. The Morgan fingerprint density at radius 2 is 1.61 bits per heavy atom. The molecule has 0 aromatic carbocycles. The van der Waals surface area contributed by atoms with E-state index in [0.29, 0.717) is 5.92 Å². The Morgan fingerprint density at radius 1 is 0.947 bits per heavy atom. The van der Waals surface area contributed by atoms with E-state index < -0.39 is 11.5 Å². The topological polar surface area (TPSA) is 72.8 Å². The van der Waals surface area contributed by atoms with Crippen molar-refractivity contribution in [3.63, 3.8) is 0 Å². The molecule has 5 aliphatic rings. The van der Waals surface area contributed by atoms with E-state index in [1.807, 2.05) is 0 Å². The number of ether oxygens (including phenoxy) is 2. The first kappa shape index (κ1) is 28.2. The van der Waals surface area contributed by atoms with Crippen LogP contribution in [0.1, 0.15) is 113 Å². The quantitative estimate of drug-likeness (QED) is 0.313. The summed E-state index contributed by atoms with van der Waals surface area (Å²) in [5, 5.41) is 12.0. The van der Waals surface area contributed by atoms with Gasteiger partial charge in [-0.3, -0.25) is 9.59 Å². The van der Waals surface area contributed by atoms with Crippen molar-refractivity contribution in [2.24, 2.45) is 50.2 Å². The molecule has 0 aromatic rings. The second-order valence-corrected chi connectivity index (χ2v) is 16.0. The summed E-state index contributed by atoms with van der Waals surface area (Å²) in [5.74, 6) is 0.447. The zero-order chi connectivity index (χ0) is 28.1. The lowest BCUT2D eigenvalue weighted by Crippen LogP contribution is -2.68. The van der Waals surface area contributed by atoms with Crippen molar-refractivity contribution in [2.45, 2.75) is 125 Å². The van der Waals surface area contributed by atoms with Gasteiger partial charge in [0, 0.05) is 12.3 Å². The van der Waals surface area contributed by atoms with E-state index in [4.69, 9.17) is 9.47 Å². The highest BCUT2D eigenvalue weighted by molar-refractivity contribution is 5.78. The van der Waals surface area contributed by atoms with Gasteiger partial charge in [0.15, 0.2) is 0 Å². The van der Waals surface area contributed by atoms with Crippen molar-refractivity contribution in [1.29, 1.82) is 0 Å². The monoisotopic (exact) mass is 528 g/mol. The molecule has 0 spiro atoms. The lowest BCUT2D eigenvalue weighted by molar-refractivity contribution is -0.246. The number of hydrogen-bond acceptors (Lipinski definition) is 5. The zero-order valence-electron chi connectivity index (χ0n) is 25.4. The lowest BCUT2D eigenvalue weighted by atomic mass is 9.33. The molecule has 0 bridgehead atoms. The molecule has 214 valence electrons. The van der Waals surface area contributed by atoms with Crippen molar-refractivity contribution in [3.05, 3.63) is 11.6 Å². The van der Waals surface area contributed by atoms with Crippen molar-refractivity contribution >= 4 is 11.9 Å². The molecule has 1 N–H and O–H groups in total. The summed E-state index contributed by atoms with van der Waals surface area (Å²) < 4.78 is 11.3. The van der Waals surface area contributed by atoms with Crippen LogP contribution in [0.3, 0.4) is 0 Å². The summed E-state index contributed by atoms with van der Waals surface area (Å²) >= 11 is 0. The molecule has 38 heavy (non-hydrogen) atoms. The van der Waals surface area contributed by atoms with Gasteiger partial charge < -0.3 is 14.6 Å². The first-order valence-electron chi connectivity index (χ1n) is 15.1. The molecular weight excluding hydrogens is 476 g/mol. The number of esters is 2. The zero-order valence-corrected chi connectivity index (χ0v) is 25.4. The predicted octanol–water partition coefficient (Wildman–Crippen LogP) is 6.86. The van der Waals surface area contributed by atoms with Crippen LogP contribution in [0.15, 0.2) is 11.6 Å². The summed E-state index contributed by atoms with van der Waals surface area (Å²) in [6, 6.07) is 0. The van der Waals surface area contributed by atoms with Crippen molar-refractivity contribution in [2.75, 3.05) is 7.11 Å². The van der Waals surface area contributed by atoms with Crippen molar-refractivity contribution in [1.82, 2.24) is 0 Å². The Labute approximate surface area is 230 Å². The maximum absolute atomic E-state index is 13.4. The van der Waals surface area contributed by atoms with Crippen LogP contribution >= 0.6 is 0 Å². The van der Waals surface area contributed by atoms with Crippen LogP contribution < -0.4 is 0 Å². The molecule has 4 saturated carbocycles. The molecule has 0 heterocycles. The van der Waals surface area contributed by atoms with Gasteiger partial charge in [0.05, 0.1) is 18.6 Å². The lowest BCUT2D eigenvalue weighted by Gasteiger charge is -2.72. The van der Waals surface area contributed by atoms with E-state index in [1.54, 1.807) is 7.11 Å². The molecule has 4 fully saturated rings. The first-order valence-corrected chi connectivity index (χ1v) is 15.1. The summed E-state index contributed by atoms with van der Waals surface area (Å²) in [7, 11) is 1.56. The van der Waals surface area contributed by atoms with Crippen LogP contribution in [0.4, 0.5) is 0 Å². The number of hydrogen-bond donors (Lipinski definition) is 1. The van der Waals surface area contributed by atoms with Gasteiger partial charge in [0.1, 0.15) is 6.10 Å². The first-order chi connectivity index (χ1) is 17.5. The van der Waals surface area contributed by atoms with Gasteiger partial charge >= 0.3 is 11.9 Å². The SMILES string of the molecule is COC(=O)[C@]12CCC(C)(C)C[C@H]1C1=CC[C@@H]3[C@@]4(C)CC[C@H](OC(C)=O)C(C)(C)[C@@H]4[C@@H](O)C[C@@]3(C)[C@]1(C)CC2. The molecule has 0 unspecified atom stereocenters. The predicted molar refractivity (Wildman–Crippen MR) is 148 cm³/mol.